The maximum absolute atomic E-state index is 12.3. The smallest absolute Gasteiger partial charge is 0.263 e. The van der Waals surface area contributed by atoms with E-state index in [-0.39, 0.29) is 5.91 Å². The summed E-state index contributed by atoms with van der Waals surface area (Å²) in [5.74, 6) is 0.755. The normalized spacial score (nSPS) is 20.0. The molecule has 4 rings (SSSR count). The van der Waals surface area contributed by atoms with Gasteiger partial charge in [-0.1, -0.05) is 0 Å². The second-order valence-electron chi connectivity index (χ2n) is 5.87. The number of hydrogen-bond acceptors (Lipinski definition) is 5. The average molecular weight is 288 g/mol. The van der Waals surface area contributed by atoms with Gasteiger partial charge >= 0.3 is 0 Å². The molecule has 0 radical (unpaired) electrons. The Bertz CT molecular complexity index is 688. The molecule has 1 amide bonds. The van der Waals surface area contributed by atoms with E-state index < -0.39 is 0 Å². The second kappa shape index (κ2) is 4.15. The van der Waals surface area contributed by atoms with Crippen LogP contribution in [0.3, 0.4) is 0 Å². The van der Waals surface area contributed by atoms with Crippen LogP contribution < -0.4 is 11.1 Å². The highest BCUT2D eigenvalue weighted by molar-refractivity contribution is 7.21. The molecule has 0 unspecified atom stereocenters. The number of fused-ring (bicyclic) bond motifs is 1. The van der Waals surface area contributed by atoms with Crippen LogP contribution in [0.5, 0.6) is 0 Å². The SMILES string of the molecule is Nc1c(C(=O)NCC2(C3CC3)CC2)sc2nccnc12. The van der Waals surface area contributed by atoms with Gasteiger partial charge in [-0.25, -0.2) is 9.97 Å². The summed E-state index contributed by atoms with van der Waals surface area (Å²) in [7, 11) is 0. The topological polar surface area (TPSA) is 80.9 Å². The summed E-state index contributed by atoms with van der Waals surface area (Å²) >= 11 is 1.32. The van der Waals surface area contributed by atoms with E-state index in [9.17, 15) is 4.79 Å². The highest BCUT2D eigenvalue weighted by Gasteiger charge is 2.53. The molecule has 20 heavy (non-hydrogen) atoms. The minimum atomic E-state index is -0.0841. The van der Waals surface area contributed by atoms with E-state index in [2.05, 4.69) is 15.3 Å². The fraction of sp³-hybridized carbons (Fsp3) is 0.500. The van der Waals surface area contributed by atoms with E-state index in [1.807, 2.05) is 0 Å². The number of carbonyl (C=O) groups is 1. The predicted octanol–water partition coefficient (Wildman–Crippen LogP) is 2.19. The van der Waals surface area contributed by atoms with Gasteiger partial charge < -0.3 is 11.1 Å². The van der Waals surface area contributed by atoms with Gasteiger partial charge in [0.2, 0.25) is 0 Å². The average Bonchev–Trinajstić information content (AvgIpc) is 3.35. The number of thiophene rings is 1. The first-order valence-corrected chi connectivity index (χ1v) is 7.78. The lowest BCUT2D eigenvalue weighted by atomic mass is 10.0. The van der Waals surface area contributed by atoms with E-state index in [0.717, 1.165) is 17.3 Å². The van der Waals surface area contributed by atoms with Crippen molar-refractivity contribution in [3.05, 3.63) is 17.3 Å². The second-order valence-corrected chi connectivity index (χ2v) is 6.87. The molecule has 104 valence electrons. The molecule has 6 heteroatoms. The summed E-state index contributed by atoms with van der Waals surface area (Å²) < 4.78 is 0. The van der Waals surface area contributed by atoms with Gasteiger partial charge in [-0.15, -0.1) is 11.3 Å². The van der Waals surface area contributed by atoms with Crippen molar-refractivity contribution in [2.45, 2.75) is 25.7 Å². The number of amides is 1. The van der Waals surface area contributed by atoms with Crippen LogP contribution in [-0.2, 0) is 0 Å². The van der Waals surface area contributed by atoms with Gasteiger partial charge in [0.15, 0.2) is 0 Å². The Kier molecular flexibility index (Phi) is 2.51. The maximum atomic E-state index is 12.3. The zero-order chi connectivity index (χ0) is 13.7. The molecule has 0 atom stereocenters. The first kappa shape index (κ1) is 12.1. The summed E-state index contributed by atoms with van der Waals surface area (Å²) in [6.45, 7) is 0.783. The van der Waals surface area contributed by atoms with Crippen LogP contribution >= 0.6 is 11.3 Å². The Morgan fingerprint density at radius 1 is 1.40 bits per heavy atom. The summed E-state index contributed by atoms with van der Waals surface area (Å²) in [5, 5.41) is 3.06. The minimum absolute atomic E-state index is 0.0841. The molecule has 2 fully saturated rings. The van der Waals surface area contributed by atoms with Crippen LogP contribution in [0.1, 0.15) is 35.4 Å². The number of nitrogens with two attached hydrogens (primary N) is 1. The summed E-state index contributed by atoms with van der Waals surface area (Å²) in [4.78, 5) is 22.0. The van der Waals surface area contributed by atoms with Crippen LogP contribution in [0, 0.1) is 11.3 Å². The number of hydrogen-bond donors (Lipinski definition) is 2. The lowest BCUT2D eigenvalue weighted by Gasteiger charge is -2.14. The van der Waals surface area contributed by atoms with Gasteiger partial charge in [0.25, 0.3) is 5.91 Å². The third-order valence-electron chi connectivity index (χ3n) is 4.51. The van der Waals surface area contributed by atoms with E-state index >= 15 is 0 Å². The van der Waals surface area contributed by atoms with Gasteiger partial charge in [0, 0.05) is 18.9 Å². The monoisotopic (exact) mass is 288 g/mol. The van der Waals surface area contributed by atoms with Crippen molar-refractivity contribution in [3.63, 3.8) is 0 Å². The third kappa shape index (κ3) is 1.86. The van der Waals surface area contributed by atoms with Crippen molar-refractivity contribution in [1.29, 1.82) is 0 Å². The van der Waals surface area contributed by atoms with Crippen LogP contribution in [0.25, 0.3) is 10.3 Å². The number of aromatic nitrogens is 2. The largest absolute Gasteiger partial charge is 0.396 e. The molecule has 0 aromatic carbocycles. The quantitative estimate of drug-likeness (QED) is 0.903. The minimum Gasteiger partial charge on any atom is -0.396 e. The van der Waals surface area contributed by atoms with Crippen molar-refractivity contribution in [1.82, 2.24) is 15.3 Å². The Hall–Kier alpha value is -1.69. The van der Waals surface area contributed by atoms with Crippen molar-refractivity contribution >= 4 is 33.3 Å². The van der Waals surface area contributed by atoms with Gasteiger partial charge in [-0.05, 0) is 37.0 Å². The van der Waals surface area contributed by atoms with Crippen molar-refractivity contribution < 1.29 is 4.79 Å². The van der Waals surface area contributed by atoms with Crippen molar-refractivity contribution in [2.75, 3.05) is 12.3 Å². The molecule has 2 saturated carbocycles. The van der Waals surface area contributed by atoms with Crippen molar-refractivity contribution in [3.8, 4) is 0 Å². The van der Waals surface area contributed by atoms with Gasteiger partial charge in [-0.3, -0.25) is 4.79 Å². The number of nitrogens with one attached hydrogen (secondary N) is 1. The molecule has 0 aliphatic heterocycles. The molecule has 0 spiro atoms. The van der Waals surface area contributed by atoms with Crippen LogP contribution in [0.15, 0.2) is 12.4 Å². The molecule has 2 aliphatic rings. The number of anilines is 1. The molecular formula is C14H16N4OS. The lowest BCUT2D eigenvalue weighted by Crippen LogP contribution is -2.31. The van der Waals surface area contributed by atoms with E-state index in [1.165, 1.54) is 37.0 Å². The van der Waals surface area contributed by atoms with Crippen LogP contribution in [-0.4, -0.2) is 22.4 Å². The summed E-state index contributed by atoms with van der Waals surface area (Å²) in [5.41, 5.74) is 7.50. The Morgan fingerprint density at radius 3 is 2.80 bits per heavy atom. The van der Waals surface area contributed by atoms with Crippen LogP contribution in [0.2, 0.25) is 0 Å². The standard InChI is InChI=1S/C14H16N4OS/c15-9-10-13(17-6-5-16-10)20-11(9)12(19)18-7-14(3-4-14)8-1-2-8/h5-6,8H,1-4,7,15H2,(H,18,19). The van der Waals surface area contributed by atoms with E-state index in [1.54, 1.807) is 12.4 Å². The Labute approximate surface area is 120 Å². The molecule has 3 N–H and O–H groups in total. The predicted molar refractivity (Wildman–Crippen MR) is 78.6 cm³/mol. The molecule has 0 bridgehead atoms. The molecule has 2 aromatic heterocycles. The fourth-order valence-electron chi connectivity index (χ4n) is 2.93. The molecule has 5 nitrogen and oxygen atoms in total. The van der Waals surface area contributed by atoms with Crippen LogP contribution in [0.4, 0.5) is 5.69 Å². The first-order chi connectivity index (χ1) is 9.70. The highest BCUT2D eigenvalue weighted by Crippen LogP contribution is 2.60. The summed E-state index contributed by atoms with van der Waals surface area (Å²) in [6, 6.07) is 0. The van der Waals surface area contributed by atoms with Crippen molar-refractivity contribution in [2.24, 2.45) is 11.3 Å². The zero-order valence-corrected chi connectivity index (χ0v) is 11.9. The van der Waals surface area contributed by atoms with Gasteiger partial charge in [0.05, 0.1) is 5.69 Å². The Balaban J connectivity index is 1.53. The first-order valence-electron chi connectivity index (χ1n) is 6.97. The highest BCUT2D eigenvalue weighted by atomic mass is 32.1. The van der Waals surface area contributed by atoms with E-state index in [4.69, 9.17) is 5.73 Å². The number of rotatable bonds is 4. The third-order valence-corrected chi connectivity index (χ3v) is 5.61. The summed E-state index contributed by atoms with van der Waals surface area (Å²) in [6.07, 6.45) is 8.38. The molecule has 2 aliphatic carbocycles. The number of nitrogens with zero attached hydrogens (tertiary/aromatic N) is 2. The molecule has 2 heterocycles. The molecule has 0 saturated heterocycles. The molecular weight excluding hydrogens is 272 g/mol. The number of nitrogen functional groups attached to an aromatic ring is 1. The maximum Gasteiger partial charge on any atom is 0.263 e. The number of carbonyl (C=O) groups excluding carboxylic acids is 1. The van der Waals surface area contributed by atoms with Gasteiger partial charge in [-0.2, -0.15) is 0 Å². The zero-order valence-electron chi connectivity index (χ0n) is 11.1. The lowest BCUT2D eigenvalue weighted by molar-refractivity contribution is 0.0947. The Morgan fingerprint density at radius 2 is 2.15 bits per heavy atom. The van der Waals surface area contributed by atoms with E-state index in [0.29, 0.717) is 21.5 Å². The van der Waals surface area contributed by atoms with Gasteiger partial charge in [0.1, 0.15) is 15.2 Å². The fourth-order valence-corrected chi connectivity index (χ4v) is 3.87. The molecule has 2 aromatic rings.